The Bertz CT molecular complexity index is 1520. The van der Waals surface area contributed by atoms with Crippen LogP contribution in [0.5, 0.6) is 23.0 Å². The number of para-hydroxylation sites is 2. The fourth-order valence-corrected chi connectivity index (χ4v) is 3.53. The number of ether oxygens (including phenoxy) is 3. The van der Waals surface area contributed by atoms with Crippen molar-refractivity contribution in [3.63, 3.8) is 0 Å². The molecule has 0 spiro atoms. The number of aliphatic hydroxyl groups is 1. The number of allylic oxidation sites excluding steroid dienone is 1. The highest BCUT2D eigenvalue weighted by molar-refractivity contribution is 5.93. The second-order valence-corrected chi connectivity index (χ2v) is 8.79. The molecule has 0 unspecified atom stereocenters. The van der Waals surface area contributed by atoms with E-state index in [0.717, 1.165) is 24.3 Å². The number of hydrogen-bond acceptors (Lipinski definition) is 5. The van der Waals surface area contributed by atoms with Gasteiger partial charge in [0.25, 0.3) is 0 Å². The first kappa shape index (κ1) is 31.5. The predicted octanol–water partition coefficient (Wildman–Crippen LogP) is 9.40. The maximum absolute atomic E-state index is 14.1. The summed E-state index contributed by atoms with van der Waals surface area (Å²) in [6.45, 7) is 4.85. The fraction of sp³-hybridized carbons (Fsp3) is 0.121. The van der Waals surface area contributed by atoms with Gasteiger partial charge >= 0.3 is 5.97 Å². The highest BCUT2D eigenvalue weighted by Gasteiger charge is 2.15. The number of carbonyl (C=O) groups is 1. The van der Waals surface area contributed by atoms with Gasteiger partial charge in [-0.05, 0) is 92.6 Å². The fourth-order valence-electron chi connectivity index (χ4n) is 3.53. The van der Waals surface area contributed by atoms with Crippen molar-refractivity contribution in [2.75, 3.05) is 6.61 Å². The Morgan fingerprint density at radius 2 is 1.07 bits per heavy atom. The maximum Gasteiger partial charge on any atom is 0.333 e. The molecule has 0 bridgehead atoms. The average Bonchev–Trinajstić information content (AvgIpc) is 2.94. The maximum atomic E-state index is 14.1. The molecule has 0 fully saturated rings. The van der Waals surface area contributed by atoms with Crippen LogP contribution >= 0.6 is 0 Å². The summed E-state index contributed by atoms with van der Waals surface area (Å²) in [7, 11) is 0. The number of carbonyl (C=O) groups excluding carboxylic acids is 1. The van der Waals surface area contributed by atoms with Gasteiger partial charge in [0, 0.05) is 5.57 Å². The Kier molecular flexibility index (Phi) is 11.3. The minimum absolute atomic E-state index is 0.0319. The first-order chi connectivity index (χ1) is 20.1. The van der Waals surface area contributed by atoms with E-state index in [-0.39, 0.29) is 29.1 Å². The zero-order valence-corrected chi connectivity index (χ0v) is 23.0. The number of aliphatic hydroxyl groups excluding tert-OH is 1. The van der Waals surface area contributed by atoms with Gasteiger partial charge in [-0.2, -0.15) is 0 Å². The quantitative estimate of drug-likeness (QED) is 0.0974. The van der Waals surface area contributed by atoms with Crippen LogP contribution in [0, 0.1) is 23.3 Å². The van der Waals surface area contributed by atoms with Gasteiger partial charge in [0.15, 0.2) is 34.8 Å². The first-order valence-corrected chi connectivity index (χ1v) is 12.7. The summed E-state index contributed by atoms with van der Waals surface area (Å²) in [5.41, 5.74) is 0.698. The summed E-state index contributed by atoms with van der Waals surface area (Å²) in [6.07, 6.45) is 2.62. The molecular formula is C33H28F4O5. The molecule has 218 valence electrons. The Morgan fingerprint density at radius 1 is 0.690 bits per heavy atom. The molecular weight excluding hydrogens is 552 g/mol. The minimum Gasteiger partial charge on any atom is -0.513 e. The largest absolute Gasteiger partial charge is 0.513 e. The highest BCUT2D eigenvalue weighted by Crippen LogP contribution is 2.30. The molecule has 0 saturated carbocycles. The molecule has 0 atom stereocenters. The Hall–Kier alpha value is -5.05. The lowest BCUT2D eigenvalue weighted by molar-refractivity contribution is -0.138. The molecule has 0 aromatic heterocycles. The standard InChI is InChI=1S/C18H16F2O3.C15H12F2O2/c1-3-22-18(21)12(2)9-13-10-15(19)17(16(20)11-13)23-14-7-5-4-6-8-14;1-10(18)7-11-8-13(16)15(14(17)9-11)19-12-5-3-2-4-6-12/h4-11H,3H2,1-2H3;2-9,18H,1H3/b12-9+;10-7+. The Labute approximate surface area is 240 Å². The molecule has 1 N–H and O–H groups in total. The molecule has 0 amide bonds. The van der Waals surface area contributed by atoms with Gasteiger partial charge in [0.2, 0.25) is 0 Å². The van der Waals surface area contributed by atoms with Crippen LogP contribution in [0.2, 0.25) is 0 Å². The van der Waals surface area contributed by atoms with Crippen LogP contribution in [0.4, 0.5) is 17.6 Å². The van der Waals surface area contributed by atoms with E-state index >= 15 is 0 Å². The van der Waals surface area contributed by atoms with Crippen LogP contribution in [0.25, 0.3) is 12.2 Å². The van der Waals surface area contributed by atoms with Crippen molar-refractivity contribution < 1.29 is 41.7 Å². The van der Waals surface area contributed by atoms with E-state index in [4.69, 9.17) is 19.3 Å². The van der Waals surface area contributed by atoms with Crippen LogP contribution in [-0.2, 0) is 9.53 Å². The van der Waals surface area contributed by atoms with Crippen LogP contribution in [-0.4, -0.2) is 17.7 Å². The third kappa shape index (κ3) is 9.26. The van der Waals surface area contributed by atoms with Gasteiger partial charge in [0.1, 0.15) is 11.5 Å². The molecule has 9 heteroatoms. The Morgan fingerprint density at radius 3 is 1.43 bits per heavy atom. The van der Waals surface area contributed by atoms with Gasteiger partial charge < -0.3 is 19.3 Å². The molecule has 4 rings (SSSR count). The lowest BCUT2D eigenvalue weighted by atomic mass is 10.1. The Balaban J connectivity index is 0.000000235. The third-order valence-electron chi connectivity index (χ3n) is 5.32. The average molecular weight is 581 g/mol. The molecule has 4 aromatic carbocycles. The minimum atomic E-state index is -0.850. The van der Waals surface area contributed by atoms with Crippen molar-refractivity contribution in [1.82, 2.24) is 0 Å². The summed E-state index contributed by atoms with van der Waals surface area (Å²) in [5, 5.41) is 9.08. The van der Waals surface area contributed by atoms with E-state index in [1.165, 1.54) is 26.0 Å². The van der Waals surface area contributed by atoms with Gasteiger partial charge in [-0.3, -0.25) is 0 Å². The lowest BCUT2D eigenvalue weighted by Gasteiger charge is -2.09. The summed E-state index contributed by atoms with van der Waals surface area (Å²) in [5.74, 6) is -4.17. The van der Waals surface area contributed by atoms with Gasteiger partial charge in [0.05, 0.1) is 12.4 Å². The molecule has 0 aliphatic rings. The SMILES string of the molecule is C/C(O)=C\c1cc(F)c(Oc2ccccc2)c(F)c1.CCOC(=O)/C(C)=C/c1cc(F)c(Oc2ccccc2)c(F)c1. The number of benzene rings is 4. The molecule has 42 heavy (non-hydrogen) atoms. The third-order valence-corrected chi connectivity index (χ3v) is 5.32. The molecule has 0 saturated heterocycles. The van der Waals surface area contributed by atoms with Crippen molar-refractivity contribution in [1.29, 1.82) is 0 Å². The van der Waals surface area contributed by atoms with Gasteiger partial charge in [-0.25, -0.2) is 22.4 Å². The van der Waals surface area contributed by atoms with Crippen molar-refractivity contribution in [2.24, 2.45) is 0 Å². The molecule has 0 aliphatic carbocycles. The van der Waals surface area contributed by atoms with Gasteiger partial charge in [-0.1, -0.05) is 36.4 Å². The second-order valence-electron chi connectivity index (χ2n) is 8.79. The van der Waals surface area contributed by atoms with E-state index in [0.29, 0.717) is 11.5 Å². The van der Waals surface area contributed by atoms with Gasteiger partial charge in [-0.15, -0.1) is 0 Å². The van der Waals surface area contributed by atoms with Crippen molar-refractivity contribution in [2.45, 2.75) is 20.8 Å². The number of hydrogen-bond donors (Lipinski definition) is 1. The second kappa shape index (κ2) is 15.1. The van der Waals surface area contributed by atoms with Crippen molar-refractivity contribution >= 4 is 18.1 Å². The monoisotopic (exact) mass is 580 g/mol. The topological polar surface area (TPSA) is 65.0 Å². The van der Waals surface area contributed by atoms with E-state index in [2.05, 4.69) is 0 Å². The van der Waals surface area contributed by atoms with Crippen LogP contribution in [0.3, 0.4) is 0 Å². The summed E-state index contributed by atoms with van der Waals surface area (Å²) in [6, 6.07) is 21.1. The smallest absolute Gasteiger partial charge is 0.333 e. The van der Waals surface area contributed by atoms with E-state index in [9.17, 15) is 22.4 Å². The zero-order chi connectivity index (χ0) is 30.6. The predicted molar refractivity (Wildman–Crippen MR) is 152 cm³/mol. The van der Waals surface area contributed by atoms with Crippen LogP contribution < -0.4 is 9.47 Å². The first-order valence-electron chi connectivity index (χ1n) is 12.7. The molecule has 5 nitrogen and oxygen atoms in total. The number of esters is 1. The number of rotatable bonds is 8. The zero-order valence-electron chi connectivity index (χ0n) is 23.0. The van der Waals surface area contributed by atoms with E-state index in [1.54, 1.807) is 67.6 Å². The number of halogens is 4. The van der Waals surface area contributed by atoms with Crippen molar-refractivity contribution in [3.05, 3.63) is 131 Å². The lowest BCUT2D eigenvalue weighted by Crippen LogP contribution is -2.05. The van der Waals surface area contributed by atoms with Crippen LogP contribution in [0.1, 0.15) is 31.9 Å². The van der Waals surface area contributed by atoms with E-state index in [1.807, 2.05) is 0 Å². The van der Waals surface area contributed by atoms with Crippen LogP contribution in [0.15, 0.2) is 96.3 Å². The molecule has 0 aliphatic heterocycles. The summed E-state index contributed by atoms with van der Waals surface area (Å²) >= 11 is 0. The van der Waals surface area contributed by atoms with Crippen molar-refractivity contribution in [3.8, 4) is 23.0 Å². The molecule has 0 radical (unpaired) electrons. The highest BCUT2D eigenvalue weighted by atomic mass is 19.1. The van der Waals surface area contributed by atoms with E-state index < -0.39 is 40.7 Å². The summed E-state index contributed by atoms with van der Waals surface area (Å²) < 4.78 is 70.9. The summed E-state index contributed by atoms with van der Waals surface area (Å²) in [4.78, 5) is 11.5. The molecule has 4 aromatic rings. The molecule has 0 heterocycles. The normalized spacial score (nSPS) is 11.3.